The van der Waals surface area contributed by atoms with Crippen molar-refractivity contribution in [3.63, 3.8) is 0 Å². The van der Waals surface area contributed by atoms with Crippen molar-refractivity contribution in [2.24, 2.45) is 0 Å². The molecule has 258 valence electrons. The van der Waals surface area contributed by atoms with Gasteiger partial charge in [-0.1, -0.05) is 193 Å². The summed E-state index contributed by atoms with van der Waals surface area (Å²) >= 11 is 0. The molecule has 0 unspecified atom stereocenters. The molecule has 0 fully saturated rings. The van der Waals surface area contributed by atoms with Crippen LogP contribution in [-0.4, -0.2) is 0 Å². The summed E-state index contributed by atoms with van der Waals surface area (Å²) in [5, 5.41) is 2.42. The van der Waals surface area contributed by atoms with E-state index < -0.39 is 0 Å². The van der Waals surface area contributed by atoms with Gasteiger partial charge in [-0.05, 0) is 120 Å². The van der Waals surface area contributed by atoms with Gasteiger partial charge in [-0.15, -0.1) is 0 Å². The average Bonchev–Trinajstić information content (AvgIpc) is 3.17. The predicted octanol–water partition coefficient (Wildman–Crippen LogP) is 15.1. The Hall–Kier alpha value is -5.98. The molecule has 0 bridgehead atoms. The number of hydrogen-bond acceptors (Lipinski definition) is 0. The number of benzene rings is 4. The highest BCUT2D eigenvalue weighted by Gasteiger charge is 2.13. The summed E-state index contributed by atoms with van der Waals surface area (Å²) in [4.78, 5) is 0. The normalized spacial score (nSPS) is 12.8. The average molecular weight is 675 g/mol. The van der Waals surface area contributed by atoms with Crippen LogP contribution in [0.2, 0.25) is 0 Å². The van der Waals surface area contributed by atoms with Gasteiger partial charge in [0.25, 0.3) is 0 Å². The van der Waals surface area contributed by atoms with Crippen molar-refractivity contribution in [3.05, 3.63) is 222 Å². The van der Waals surface area contributed by atoms with E-state index in [9.17, 15) is 0 Å². The lowest BCUT2D eigenvalue weighted by Crippen LogP contribution is -1.90. The first-order valence-electron chi connectivity index (χ1n) is 18.1. The minimum atomic E-state index is 1.18. The van der Waals surface area contributed by atoms with E-state index in [2.05, 4.69) is 198 Å². The summed E-state index contributed by atoms with van der Waals surface area (Å²) in [6.07, 6.45) is 23.0. The molecule has 0 heteroatoms. The highest BCUT2D eigenvalue weighted by Crippen LogP contribution is 2.38. The van der Waals surface area contributed by atoms with E-state index in [1.54, 1.807) is 0 Å². The second-order valence-corrected chi connectivity index (χ2v) is 13.2. The van der Waals surface area contributed by atoms with Gasteiger partial charge in [0.05, 0.1) is 0 Å². The highest BCUT2D eigenvalue weighted by molar-refractivity contribution is 6.03. The van der Waals surface area contributed by atoms with Crippen LogP contribution < -0.4 is 0 Å². The summed E-state index contributed by atoms with van der Waals surface area (Å²) < 4.78 is 0. The van der Waals surface area contributed by atoms with E-state index in [1.165, 1.54) is 77.6 Å². The van der Waals surface area contributed by atoms with Crippen LogP contribution in [0.5, 0.6) is 0 Å². The third-order valence-corrected chi connectivity index (χ3v) is 9.12. The van der Waals surface area contributed by atoms with Gasteiger partial charge in [0.1, 0.15) is 0 Å². The van der Waals surface area contributed by atoms with Gasteiger partial charge < -0.3 is 0 Å². The quantitative estimate of drug-likeness (QED) is 0.129. The first-order valence-corrected chi connectivity index (χ1v) is 18.1. The number of fused-ring (bicyclic) bond motifs is 1. The van der Waals surface area contributed by atoms with E-state index in [0.717, 1.165) is 0 Å². The van der Waals surface area contributed by atoms with Crippen LogP contribution in [0.25, 0.3) is 49.7 Å². The first-order chi connectivity index (χ1) is 25.3. The van der Waals surface area contributed by atoms with Crippen LogP contribution in [0.4, 0.5) is 0 Å². The van der Waals surface area contributed by atoms with Crippen molar-refractivity contribution in [1.82, 2.24) is 0 Å². The monoisotopic (exact) mass is 674 g/mol. The molecule has 0 atom stereocenters. The summed E-state index contributed by atoms with van der Waals surface area (Å²) in [7, 11) is 0. The molecule has 0 amide bonds. The van der Waals surface area contributed by atoms with E-state index in [0.29, 0.717) is 0 Å². The lowest BCUT2D eigenvalue weighted by atomic mass is 9.88. The Morgan fingerprint density at radius 2 is 0.962 bits per heavy atom. The molecular weight excluding hydrogens is 625 g/mol. The lowest BCUT2D eigenvalue weighted by Gasteiger charge is -2.15. The van der Waals surface area contributed by atoms with Gasteiger partial charge in [0, 0.05) is 0 Å². The topological polar surface area (TPSA) is 0 Å². The minimum absolute atomic E-state index is 1.18. The first kappa shape index (κ1) is 37.3. The lowest BCUT2D eigenvalue weighted by molar-refractivity contribution is 1.47. The maximum absolute atomic E-state index is 2.35. The van der Waals surface area contributed by atoms with Gasteiger partial charge in [0.15, 0.2) is 0 Å². The van der Waals surface area contributed by atoms with Crippen LogP contribution >= 0.6 is 0 Å². The molecule has 0 spiro atoms. The third-order valence-electron chi connectivity index (χ3n) is 9.12. The molecule has 5 rings (SSSR count). The molecule has 0 N–H and O–H groups in total. The zero-order chi connectivity index (χ0) is 36.7. The summed E-state index contributed by atoms with van der Waals surface area (Å²) in [5.74, 6) is 0. The fourth-order valence-corrected chi connectivity index (χ4v) is 6.17. The zero-order valence-electron chi connectivity index (χ0n) is 31.5. The molecular formula is C52H50. The van der Waals surface area contributed by atoms with E-state index >= 15 is 0 Å². The zero-order valence-corrected chi connectivity index (χ0v) is 31.5. The summed E-state index contributed by atoms with van der Waals surface area (Å²) in [5.41, 5.74) is 14.5. The molecule has 0 radical (unpaired) electrons. The Morgan fingerprint density at radius 1 is 0.423 bits per heavy atom. The highest BCUT2D eigenvalue weighted by atomic mass is 14.2. The Balaban J connectivity index is 1.68. The summed E-state index contributed by atoms with van der Waals surface area (Å²) in [6.45, 7) is 12.9. The van der Waals surface area contributed by atoms with Crippen LogP contribution in [0.15, 0.2) is 194 Å². The number of hydrogen-bond donors (Lipinski definition) is 0. The molecule has 0 aliphatic heterocycles. The van der Waals surface area contributed by atoms with Crippen molar-refractivity contribution < 1.29 is 0 Å². The van der Waals surface area contributed by atoms with Crippen molar-refractivity contribution in [1.29, 1.82) is 0 Å². The molecule has 0 heterocycles. The Labute approximate surface area is 312 Å². The third kappa shape index (κ3) is 10.3. The standard InChI is InChI=1S/C52H50/c1-7-8-9-10-11-12-13-15-23-41(4)46-28-21-30-49(38-46)52-50-34-31-40(3)35-47(50)26-19-18-22-39(2)36-51(52)48-29-20-27-45(37-48)43(6)33-32-42(5)44-24-16-14-17-25-44/h7-38H,1-6H3/b8-7-,10-9-,12-11+,15-13+,19-18?,22-18?,26-19?,39-22?,39-36?,41-23+,42-32+,43-33+,47-26?,51-36?,52-50?,52-51?. The van der Waals surface area contributed by atoms with E-state index in [1.807, 2.05) is 37.3 Å². The van der Waals surface area contributed by atoms with Crippen molar-refractivity contribution in [2.45, 2.75) is 41.5 Å². The second-order valence-electron chi connectivity index (χ2n) is 13.2. The van der Waals surface area contributed by atoms with Crippen molar-refractivity contribution >= 4 is 27.5 Å². The van der Waals surface area contributed by atoms with Crippen LogP contribution in [0.3, 0.4) is 0 Å². The van der Waals surface area contributed by atoms with Gasteiger partial charge in [-0.25, -0.2) is 0 Å². The van der Waals surface area contributed by atoms with Crippen LogP contribution in [0.1, 0.15) is 55.5 Å². The number of rotatable bonds is 10. The Morgan fingerprint density at radius 3 is 1.67 bits per heavy atom. The molecule has 0 aromatic heterocycles. The maximum atomic E-state index is 2.35. The smallest absolute Gasteiger partial charge is 0.00265 e. The molecule has 0 aliphatic rings. The number of aryl methyl sites for hydroxylation is 2. The Bertz CT molecular complexity index is 2280. The van der Waals surface area contributed by atoms with Gasteiger partial charge >= 0.3 is 0 Å². The molecule has 5 aromatic rings. The Kier molecular flexibility index (Phi) is 13.5. The molecule has 0 saturated heterocycles. The molecule has 0 saturated carbocycles. The largest absolute Gasteiger partial charge is 0.0877 e. The van der Waals surface area contributed by atoms with Crippen molar-refractivity contribution in [3.8, 4) is 22.3 Å². The molecule has 52 heavy (non-hydrogen) atoms. The predicted molar refractivity (Wildman–Crippen MR) is 232 cm³/mol. The molecule has 0 aliphatic carbocycles. The second kappa shape index (κ2) is 18.9. The van der Waals surface area contributed by atoms with Gasteiger partial charge in [0.2, 0.25) is 0 Å². The number of allylic oxidation sites excluding steroid dienone is 14. The van der Waals surface area contributed by atoms with E-state index in [4.69, 9.17) is 0 Å². The van der Waals surface area contributed by atoms with Crippen LogP contribution in [-0.2, 0) is 0 Å². The van der Waals surface area contributed by atoms with Crippen LogP contribution in [0, 0.1) is 13.8 Å². The molecule has 0 nitrogen and oxygen atoms in total. The van der Waals surface area contributed by atoms with Gasteiger partial charge in [-0.3, -0.25) is 0 Å². The molecule has 5 aromatic carbocycles. The van der Waals surface area contributed by atoms with Gasteiger partial charge in [-0.2, -0.15) is 0 Å². The van der Waals surface area contributed by atoms with Crippen molar-refractivity contribution in [2.75, 3.05) is 0 Å². The van der Waals surface area contributed by atoms with E-state index in [-0.39, 0.29) is 0 Å². The minimum Gasteiger partial charge on any atom is -0.0877 e. The fraction of sp³-hybridized carbons (Fsp3) is 0.115. The summed E-state index contributed by atoms with van der Waals surface area (Å²) in [6, 6.07) is 46.4. The fourth-order valence-electron chi connectivity index (χ4n) is 6.17. The SMILES string of the molecule is C\C=C/C=C\C=C\C=C\C=C(/C)c1cccc(-c2c(-c3cccc(/C(C)=C/C=C(\C)c4ccccc4)c3)cc(C)ccccc3cc(C)ccc23)c1. The maximum Gasteiger partial charge on any atom is -0.00265 e.